The smallest absolute Gasteiger partial charge is 0.295 e. The third kappa shape index (κ3) is 3.46. The number of morpholine rings is 1. The molecule has 2 aliphatic rings. The van der Waals surface area contributed by atoms with Crippen LogP contribution < -0.4 is 0 Å². The normalized spacial score (nSPS) is 22.7. The third-order valence-corrected chi connectivity index (χ3v) is 5.16. The summed E-state index contributed by atoms with van der Waals surface area (Å²) in [6, 6.07) is 11.5. The number of furan rings is 1. The maximum Gasteiger partial charge on any atom is 0.295 e. The Labute approximate surface area is 162 Å². The summed E-state index contributed by atoms with van der Waals surface area (Å²) in [6.07, 6.45) is 1.50. The summed E-state index contributed by atoms with van der Waals surface area (Å²) >= 11 is 0. The maximum atomic E-state index is 12.8. The van der Waals surface area contributed by atoms with Crippen LogP contribution in [0.4, 0.5) is 0 Å². The predicted molar refractivity (Wildman–Crippen MR) is 101 cm³/mol. The molecule has 1 unspecified atom stereocenters. The van der Waals surface area contributed by atoms with Crippen molar-refractivity contribution >= 4 is 17.4 Å². The molecule has 7 nitrogen and oxygen atoms in total. The molecule has 2 aromatic rings. The SMILES string of the molecule is O=C1C(=O)N(CCN2CCOCC2)C(c2ccco2)/C1=C(/O)c1ccccc1. The van der Waals surface area contributed by atoms with E-state index in [0.717, 1.165) is 13.1 Å². The zero-order chi connectivity index (χ0) is 19.5. The van der Waals surface area contributed by atoms with Crippen molar-refractivity contribution in [2.24, 2.45) is 0 Å². The van der Waals surface area contributed by atoms with Gasteiger partial charge in [-0.15, -0.1) is 0 Å². The van der Waals surface area contributed by atoms with E-state index in [1.165, 1.54) is 11.2 Å². The van der Waals surface area contributed by atoms with Crippen LogP contribution >= 0.6 is 0 Å². The molecule has 28 heavy (non-hydrogen) atoms. The van der Waals surface area contributed by atoms with Gasteiger partial charge in [0.25, 0.3) is 11.7 Å². The molecule has 0 saturated carbocycles. The molecular formula is C21H22N2O5. The van der Waals surface area contributed by atoms with Crippen LogP contribution in [0, 0.1) is 0 Å². The molecular weight excluding hydrogens is 360 g/mol. The van der Waals surface area contributed by atoms with Gasteiger partial charge < -0.3 is 19.2 Å². The van der Waals surface area contributed by atoms with Gasteiger partial charge in [-0.25, -0.2) is 0 Å². The fourth-order valence-corrected chi connectivity index (χ4v) is 3.68. The van der Waals surface area contributed by atoms with E-state index < -0.39 is 17.7 Å². The minimum absolute atomic E-state index is 0.0631. The zero-order valence-electron chi connectivity index (χ0n) is 15.4. The van der Waals surface area contributed by atoms with E-state index in [-0.39, 0.29) is 11.3 Å². The van der Waals surface area contributed by atoms with E-state index in [9.17, 15) is 14.7 Å². The molecule has 0 radical (unpaired) electrons. The standard InChI is InChI=1S/C21H22N2O5/c24-19(15-5-2-1-3-6-15)17-18(16-7-4-12-28-16)23(21(26)20(17)25)9-8-22-10-13-27-14-11-22/h1-7,12,18,24H,8-11,13-14H2/b19-17-. The van der Waals surface area contributed by atoms with Crippen LogP contribution in [-0.4, -0.2) is 66.0 Å². The highest BCUT2D eigenvalue weighted by atomic mass is 16.5. The number of carbonyl (C=O) groups excluding carboxylic acids is 2. The van der Waals surface area contributed by atoms with Gasteiger partial charge in [0.1, 0.15) is 17.6 Å². The second-order valence-electron chi connectivity index (χ2n) is 6.83. The van der Waals surface area contributed by atoms with Crippen molar-refractivity contribution in [1.29, 1.82) is 0 Å². The average molecular weight is 382 g/mol. The first-order valence-electron chi connectivity index (χ1n) is 9.34. The number of hydrogen-bond acceptors (Lipinski definition) is 6. The molecule has 0 spiro atoms. The third-order valence-electron chi connectivity index (χ3n) is 5.16. The quantitative estimate of drug-likeness (QED) is 0.484. The van der Waals surface area contributed by atoms with Gasteiger partial charge in [0.05, 0.1) is 25.1 Å². The monoisotopic (exact) mass is 382 g/mol. The molecule has 3 heterocycles. The number of carbonyl (C=O) groups is 2. The first-order valence-corrected chi connectivity index (χ1v) is 9.34. The van der Waals surface area contributed by atoms with E-state index >= 15 is 0 Å². The fourth-order valence-electron chi connectivity index (χ4n) is 3.68. The highest BCUT2D eigenvalue weighted by Gasteiger charge is 2.47. The number of amides is 1. The van der Waals surface area contributed by atoms with Gasteiger partial charge in [0.2, 0.25) is 0 Å². The molecule has 2 saturated heterocycles. The van der Waals surface area contributed by atoms with Gasteiger partial charge in [0.15, 0.2) is 0 Å². The minimum atomic E-state index is -0.740. The van der Waals surface area contributed by atoms with Gasteiger partial charge in [-0.05, 0) is 12.1 Å². The number of ether oxygens (including phenoxy) is 1. The molecule has 1 aromatic heterocycles. The lowest BCUT2D eigenvalue weighted by atomic mass is 9.99. The largest absolute Gasteiger partial charge is 0.507 e. The molecule has 2 fully saturated rings. The van der Waals surface area contributed by atoms with Crippen molar-refractivity contribution in [3.8, 4) is 0 Å². The topological polar surface area (TPSA) is 83.2 Å². The Kier molecular flexibility index (Phi) is 5.27. The summed E-state index contributed by atoms with van der Waals surface area (Å²) < 4.78 is 10.9. The summed E-state index contributed by atoms with van der Waals surface area (Å²) in [4.78, 5) is 29.3. The molecule has 1 N–H and O–H groups in total. The number of aliphatic hydroxyl groups excluding tert-OH is 1. The molecule has 1 aromatic carbocycles. The summed E-state index contributed by atoms with van der Waals surface area (Å²) in [7, 11) is 0. The van der Waals surface area contributed by atoms with Crippen molar-refractivity contribution in [3.63, 3.8) is 0 Å². The van der Waals surface area contributed by atoms with Crippen LogP contribution in [-0.2, 0) is 14.3 Å². The summed E-state index contributed by atoms with van der Waals surface area (Å²) in [5.74, 6) is -1.04. The summed E-state index contributed by atoms with van der Waals surface area (Å²) in [6.45, 7) is 3.89. The number of likely N-dealkylation sites (tertiary alicyclic amines) is 1. The van der Waals surface area contributed by atoms with Crippen LogP contribution in [0.2, 0.25) is 0 Å². The Balaban J connectivity index is 1.68. The molecule has 146 valence electrons. The number of aliphatic hydroxyl groups is 1. The lowest BCUT2D eigenvalue weighted by molar-refractivity contribution is -0.140. The highest BCUT2D eigenvalue weighted by Crippen LogP contribution is 2.39. The lowest BCUT2D eigenvalue weighted by Gasteiger charge is -2.30. The Morgan fingerprint density at radius 1 is 1.04 bits per heavy atom. The van der Waals surface area contributed by atoms with Gasteiger partial charge in [-0.1, -0.05) is 30.3 Å². The molecule has 4 rings (SSSR count). The molecule has 7 heteroatoms. The van der Waals surface area contributed by atoms with Crippen molar-refractivity contribution in [2.75, 3.05) is 39.4 Å². The average Bonchev–Trinajstić information content (AvgIpc) is 3.35. The van der Waals surface area contributed by atoms with Crippen LogP contribution in [0.3, 0.4) is 0 Å². The Morgan fingerprint density at radius 3 is 2.46 bits per heavy atom. The van der Waals surface area contributed by atoms with E-state index in [0.29, 0.717) is 37.6 Å². The lowest BCUT2D eigenvalue weighted by Crippen LogP contribution is -2.42. The van der Waals surface area contributed by atoms with Crippen molar-refractivity contribution < 1.29 is 23.8 Å². The second kappa shape index (κ2) is 8.00. The van der Waals surface area contributed by atoms with Crippen LogP contribution in [0.25, 0.3) is 5.76 Å². The van der Waals surface area contributed by atoms with Gasteiger partial charge in [-0.2, -0.15) is 0 Å². The molecule has 2 aliphatic heterocycles. The van der Waals surface area contributed by atoms with Crippen molar-refractivity contribution in [1.82, 2.24) is 9.80 Å². The number of rotatable bonds is 5. The van der Waals surface area contributed by atoms with E-state index in [4.69, 9.17) is 9.15 Å². The van der Waals surface area contributed by atoms with E-state index in [2.05, 4.69) is 4.90 Å². The Bertz CT molecular complexity index is 869. The number of nitrogens with zero attached hydrogens (tertiary/aromatic N) is 2. The maximum absolute atomic E-state index is 12.8. The molecule has 0 aliphatic carbocycles. The van der Waals surface area contributed by atoms with E-state index in [1.807, 2.05) is 6.07 Å². The Morgan fingerprint density at radius 2 is 1.79 bits per heavy atom. The van der Waals surface area contributed by atoms with Gasteiger partial charge in [-0.3, -0.25) is 14.5 Å². The minimum Gasteiger partial charge on any atom is -0.507 e. The van der Waals surface area contributed by atoms with E-state index in [1.54, 1.807) is 36.4 Å². The summed E-state index contributed by atoms with van der Waals surface area (Å²) in [5.41, 5.74) is 0.554. The molecule has 1 atom stereocenters. The van der Waals surface area contributed by atoms with Crippen LogP contribution in [0.1, 0.15) is 17.4 Å². The van der Waals surface area contributed by atoms with Crippen LogP contribution in [0.15, 0.2) is 58.7 Å². The fraction of sp³-hybridized carbons (Fsp3) is 0.333. The Hall–Kier alpha value is -2.90. The number of benzene rings is 1. The van der Waals surface area contributed by atoms with Crippen LogP contribution in [0.5, 0.6) is 0 Å². The van der Waals surface area contributed by atoms with Crippen molar-refractivity contribution in [2.45, 2.75) is 6.04 Å². The first kappa shape index (κ1) is 18.5. The highest BCUT2D eigenvalue weighted by molar-refractivity contribution is 6.46. The number of hydrogen-bond donors (Lipinski definition) is 1. The zero-order valence-corrected chi connectivity index (χ0v) is 15.4. The number of ketones is 1. The molecule has 1 amide bonds. The molecule has 0 bridgehead atoms. The predicted octanol–water partition coefficient (Wildman–Crippen LogP) is 2.03. The number of Topliss-reactive ketones (excluding diaryl/α,β-unsaturated/α-hetero) is 1. The second-order valence-corrected chi connectivity index (χ2v) is 6.83. The van der Waals surface area contributed by atoms with Gasteiger partial charge in [0, 0.05) is 31.7 Å². The van der Waals surface area contributed by atoms with Crippen molar-refractivity contribution in [3.05, 3.63) is 65.6 Å². The summed E-state index contributed by atoms with van der Waals surface area (Å²) in [5, 5.41) is 10.8. The first-order chi connectivity index (χ1) is 13.7. The van der Waals surface area contributed by atoms with Gasteiger partial charge >= 0.3 is 0 Å².